The van der Waals surface area contributed by atoms with E-state index in [1.165, 1.54) is 7.98 Å². The van der Waals surface area contributed by atoms with Crippen molar-refractivity contribution in [2.75, 3.05) is 6.26 Å². The second kappa shape index (κ2) is 5.06. The van der Waals surface area contributed by atoms with E-state index in [0.717, 1.165) is 11.8 Å². The Kier molecular flexibility index (Phi) is 4.77. The number of carbonyl (C=O) groups excluding carboxylic acids is 1. The Labute approximate surface area is 70.2 Å². The molecule has 0 spiro atoms. The summed E-state index contributed by atoms with van der Waals surface area (Å²) < 4.78 is 0. The lowest BCUT2D eigenvalue weighted by atomic mass is 10.2. The van der Waals surface area contributed by atoms with Gasteiger partial charge >= 0.3 is 5.97 Å². The fourth-order valence-electron chi connectivity index (χ4n) is 0.542. The predicted molar refractivity (Wildman–Crippen MR) is 46.2 cm³/mol. The maximum atomic E-state index is 10.7. The van der Waals surface area contributed by atoms with Crippen LogP contribution in [0.15, 0.2) is 0 Å². The molecule has 11 heavy (non-hydrogen) atoms. The van der Waals surface area contributed by atoms with Crippen LogP contribution in [0.25, 0.3) is 0 Å². The van der Waals surface area contributed by atoms with Crippen molar-refractivity contribution < 1.29 is 14.7 Å². The molecule has 1 atom stereocenters. The lowest BCUT2D eigenvalue weighted by molar-refractivity contribution is -0.138. The Hall–Kier alpha value is -0.645. The smallest absolute Gasteiger partial charge is 0.317 e. The van der Waals surface area contributed by atoms with Crippen LogP contribution in [0.3, 0.4) is 0 Å². The van der Waals surface area contributed by atoms with E-state index >= 15 is 0 Å². The molecule has 0 aromatic heterocycles. The van der Waals surface area contributed by atoms with Crippen molar-refractivity contribution in [3.8, 4) is 0 Å². The number of amides is 1. The fraction of sp³-hybridized carbons (Fsp3) is 0.600. The van der Waals surface area contributed by atoms with Crippen molar-refractivity contribution in [3.63, 3.8) is 0 Å². The molecule has 6 heteroatoms. The third-order valence-corrected chi connectivity index (χ3v) is 2.15. The zero-order valence-electron chi connectivity index (χ0n) is 6.46. The minimum absolute atomic E-state index is 0.0347. The average Bonchev–Trinajstić information content (AvgIpc) is 1.99. The fourth-order valence-corrected chi connectivity index (χ4v) is 1.06. The van der Waals surface area contributed by atoms with Crippen molar-refractivity contribution in [2.24, 2.45) is 0 Å². The largest absolute Gasteiger partial charge is 0.480 e. The topological polar surface area (TPSA) is 66.4 Å². The van der Waals surface area contributed by atoms with E-state index in [2.05, 4.69) is 5.23 Å². The van der Waals surface area contributed by atoms with E-state index in [1.54, 1.807) is 6.26 Å². The molecule has 0 rings (SSSR count). The minimum atomic E-state index is -0.943. The zero-order chi connectivity index (χ0) is 8.85. The molecule has 0 fully saturated rings. The molecule has 0 aliphatic heterocycles. The summed E-state index contributed by atoms with van der Waals surface area (Å²) in [5, 5.41) is 10.3. The first-order valence-corrected chi connectivity index (χ1v) is 4.36. The number of hydrogen-bond acceptors (Lipinski definition) is 3. The number of carbonyl (C=O) groups is 2. The summed E-state index contributed by atoms with van der Waals surface area (Å²) in [5.74, 6) is -1.19. The third-order valence-electron chi connectivity index (χ3n) is 1.21. The molecule has 0 aliphatic rings. The number of aliphatic carboxylic acids is 1. The van der Waals surface area contributed by atoms with Gasteiger partial charge in [-0.05, 0) is 6.26 Å². The molecule has 1 amide bonds. The van der Waals surface area contributed by atoms with Crippen molar-refractivity contribution in [2.45, 2.75) is 11.7 Å². The monoisotopic (exact) mass is 175 g/mol. The van der Waals surface area contributed by atoms with E-state index in [4.69, 9.17) is 5.11 Å². The van der Waals surface area contributed by atoms with Crippen molar-refractivity contribution >= 4 is 31.6 Å². The molecular weight excluding hydrogens is 165 g/mol. The van der Waals surface area contributed by atoms with Crippen LogP contribution in [0, 0.1) is 0 Å². The van der Waals surface area contributed by atoms with E-state index in [0.29, 0.717) is 0 Å². The van der Waals surface area contributed by atoms with Gasteiger partial charge in [-0.2, -0.15) is 0 Å². The van der Waals surface area contributed by atoms with Crippen LogP contribution in [0.4, 0.5) is 0 Å². The number of carboxylic acid groups (broad SMARTS) is 1. The highest BCUT2D eigenvalue weighted by Gasteiger charge is 2.18. The molecule has 0 aromatic carbocycles. The molecule has 0 saturated heterocycles. The van der Waals surface area contributed by atoms with Crippen LogP contribution < -0.4 is 5.23 Å². The highest BCUT2D eigenvalue weighted by molar-refractivity contribution is 7.99. The first-order valence-electron chi connectivity index (χ1n) is 3.08. The van der Waals surface area contributed by atoms with Crippen molar-refractivity contribution in [1.29, 1.82) is 0 Å². The Morgan fingerprint density at radius 2 is 2.27 bits per heavy atom. The number of carboxylic acids is 1. The normalized spacial score (nSPS) is 12.1. The summed E-state index contributed by atoms with van der Waals surface area (Å²) in [4.78, 5) is 21.1. The summed E-state index contributed by atoms with van der Waals surface area (Å²) in [5.41, 5.74) is 0. The van der Waals surface area contributed by atoms with Crippen LogP contribution >= 0.6 is 11.8 Å². The average molecular weight is 175 g/mol. The van der Waals surface area contributed by atoms with Gasteiger partial charge in [-0.15, -0.1) is 11.8 Å². The Morgan fingerprint density at radius 1 is 1.73 bits per heavy atom. The number of rotatable bonds is 4. The van der Waals surface area contributed by atoms with Crippen molar-refractivity contribution in [1.82, 2.24) is 5.23 Å². The molecule has 0 heterocycles. The second-order valence-corrected chi connectivity index (χ2v) is 2.98. The van der Waals surface area contributed by atoms with Crippen LogP contribution in [0.1, 0.15) is 6.42 Å². The number of thioether (sulfide) groups is 1. The summed E-state index contributed by atoms with van der Waals surface area (Å²) >= 11 is 1.16. The minimum Gasteiger partial charge on any atom is -0.480 e. The van der Waals surface area contributed by atoms with Gasteiger partial charge in [0.1, 0.15) is 5.25 Å². The quantitative estimate of drug-likeness (QED) is 0.530. The van der Waals surface area contributed by atoms with Gasteiger partial charge in [0.2, 0.25) is 13.9 Å². The molecule has 2 N–H and O–H groups in total. The molecule has 0 unspecified atom stereocenters. The Balaban J connectivity index is 3.88. The van der Waals surface area contributed by atoms with E-state index in [9.17, 15) is 9.59 Å². The van der Waals surface area contributed by atoms with Gasteiger partial charge in [0.25, 0.3) is 0 Å². The molecule has 4 nitrogen and oxygen atoms in total. The lowest BCUT2D eigenvalue weighted by Gasteiger charge is -2.06. The third kappa shape index (κ3) is 3.92. The summed E-state index contributed by atoms with van der Waals surface area (Å²) in [7, 11) is 1.49. The van der Waals surface area contributed by atoms with E-state index in [-0.39, 0.29) is 12.3 Å². The first-order chi connectivity index (χ1) is 5.11. The molecule has 0 bridgehead atoms. The van der Waals surface area contributed by atoms with Crippen LogP contribution in [0.5, 0.6) is 0 Å². The SMILES string of the molecule is BNC(=O)C[C@H](SC)C(=O)O. The number of nitrogens with one attached hydrogen (secondary N) is 1. The van der Waals surface area contributed by atoms with E-state index in [1.807, 2.05) is 0 Å². The molecule has 0 radical (unpaired) electrons. The highest BCUT2D eigenvalue weighted by Crippen LogP contribution is 2.10. The molecular formula is C5H10BNO3S. The second-order valence-electron chi connectivity index (χ2n) is 1.94. The van der Waals surface area contributed by atoms with Crippen LogP contribution in [0.2, 0.25) is 0 Å². The molecule has 0 aromatic rings. The first kappa shape index (κ1) is 10.4. The van der Waals surface area contributed by atoms with Gasteiger partial charge < -0.3 is 10.3 Å². The van der Waals surface area contributed by atoms with Gasteiger partial charge in [-0.25, -0.2) is 0 Å². The molecule has 0 aliphatic carbocycles. The maximum absolute atomic E-state index is 10.7. The van der Waals surface area contributed by atoms with Crippen molar-refractivity contribution in [3.05, 3.63) is 0 Å². The maximum Gasteiger partial charge on any atom is 0.317 e. The molecule has 62 valence electrons. The molecule has 0 saturated carbocycles. The Bertz CT molecular complexity index is 164. The highest BCUT2D eigenvalue weighted by atomic mass is 32.2. The summed E-state index contributed by atoms with van der Waals surface area (Å²) in [6.07, 6.45) is 1.70. The van der Waals surface area contributed by atoms with E-state index < -0.39 is 11.2 Å². The summed E-state index contributed by atoms with van der Waals surface area (Å²) in [6.45, 7) is 0. The number of hydrogen-bond donors (Lipinski definition) is 2. The van der Waals surface area contributed by atoms with Gasteiger partial charge in [0.15, 0.2) is 0 Å². The van der Waals surface area contributed by atoms with Crippen LogP contribution in [-0.4, -0.2) is 36.5 Å². The van der Waals surface area contributed by atoms with Gasteiger partial charge in [0, 0.05) is 6.42 Å². The van der Waals surface area contributed by atoms with Crippen LogP contribution in [-0.2, 0) is 9.59 Å². The standard InChI is InChI=1S/C5H10BNO3S/c1-11-3(5(9)10)2-4(8)7-6/h3H,2,6H2,1H3,(H,7,8)(H,9,10)/t3-/m0/s1. The predicted octanol–water partition coefficient (Wildman–Crippen LogP) is -1.14. The van der Waals surface area contributed by atoms with Gasteiger partial charge in [-0.1, -0.05) is 0 Å². The lowest BCUT2D eigenvalue weighted by Crippen LogP contribution is -2.27. The Morgan fingerprint density at radius 3 is 2.55 bits per heavy atom. The summed E-state index contributed by atoms with van der Waals surface area (Å²) in [6, 6.07) is 0. The van der Waals surface area contributed by atoms with Gasteiger partial charge in [0.05, 0.1) is 0 Å². The van der Waals surface area contributed by atoms with Gasteiger partial charge in [-0.3, -0.25) is 9.59 Å². The zero-order valence-corrected chi connectivity index (χ0v) is 7.27.